The third kappa shape index (κ3) is 5.33. The van der Waals surface area contributed by atoms with Crippen molar-refractivity contribution in [3.63, 3.8) is 0 Å². The molecule has 0 amide bonds. The highest BCUT2D eigenvalue weighted by Gasteiger charge is 2.46. The predicted molar refractivity (Wildman–Crippen MR) is 103 cm³/mol. The lowest BCUT2D eigenvalue weighted by Gasteiger charge is -2.27. The van der Waals surface area contributed by atoms with Crippen molar-refractivity contribution in [2.75, 3.05) is 6.61 Å². The van der Waals surface area contributed by atoms with E-state index in [2.05, 4.69) is 0 Å². The van der Waals surface area contributed by atoms with Gasteiger partial charge in [-0.15, -0.1) is 0 Å². The summed E-state index contributed by atoms with van der Waals surface area (Å²) >= 11 is 0. The van der Waals surface area contributed by atoms with Gasteiger partial charge < -0.3 is 14.6 Å². The number of esters is 1. The second kappa shape index (κ2) is 9.76. The summed E-state index contributed by atoms with van der Waals surface area (Å²) in [4.78, 5) is 24.3. The second-order valence-electron chi connectivity index (χ2n) is 6.45. The first-order chi connectivity index (χ1) is 13.0. The van der Waals surface area contributed by atoms with Crippen molar-refractivity contribution in [2.45, 2.75) is 39.7 Å². The van der Waals surface area contributed by atoms with Crippen molar-refractivity contribution in [1.29, 1.82) is 0 Å². The van der Waals surface area contributed by atoms with Crippen molar-refractivity contribution < 1.29 is 24.2 Å². The molecule has 5 nitrogen and oxygen atoms in total. The fourth-order valence-corrected chi connectivity index (χ4v) is 3.02. The van der Waals surface area contributed by atoms with Gasteiger partial charge in [0.25, 0.3) is 0 Å². The number of rotatable bonds is 10. The van der Waals surface area contributed by atoms with Gasteiger partial charge in [0, 0.05) is 0 Å². The lowest BCUT2D eigenvalue weighted by atomic mass is 9.78. The van der Waals surface area contributed by atoms with Gasteiger partial charge in [0.1, 0.15) is 12.4 Å². The molecular weight excluding hydrogens is 344 g/mol. The van der Waals surface area contributed by atoms with E-state index in [1.165, 1.54) is 0 Å². The first-order valence-electron chi connectivity index (χ1n) is 9.18. The fourth-order valence-electron chi connectivity index (χ4n) is 3.02. The minimum atomic E-state index is -1.56. The molecule has 2 aromatic rings. The van der Waals surface area contributed by atoms with Gasteiger partial charge in [0.05, 0.1) is 6.61 Å². The molecule has 0 saturated carbocycles. The molecule has 0 radical (unpaired) electrons. The fraction of sp³-hybridized carbons (Fsp3) is 0.364. The van der Waals surface area contributed by atoms with Crippen molar-refractivity contribution in [3.05, 3.63) is 65.7 Å². The summed E-state index contributed by atoms with van der Waals surface area (Å²) in [6.07, 6.45) is 0.894. The van der Waals surface area contributed by atoms with Crippen LogP contribution in [0.4, 0.5) is 0 Å². The van der Waals surface area contributed by atoms with Gasteiger partial charge >= 0.3 is 11.9 Å². The standard InChI is InChI=1S/C22H26O5/c1-3-14-22(20(23)24,21(25)26-4-2)15-17-10-12-19(13-11-17)27-16-18-8-6-5-7-9-18/h5-13H,3-4,14-16H2,1-2H3,(H,23,24). The number of carbonyl (C=O) groups is 2. The lowest BCUT2D eigenvalue weighted by molar-refractivity contribution is -0.169. The Kier molecular flexibility index (Phi) is 7.41. The Bertz CT molecular complexity index is 739. The Morgan fingerprint density at radius 1 is 0.963 bits per heavy atom. The van der Waals surface area contributed by atoms with E-state index >= 15 is 0 Å². The Hall–Kier alpha value is -2.82. The molecule has 2 rings (SSSR count). The number of hydrogen-bond acceptors (Lipinski definition) is 4. The molecule has 1 atom stereocenters. The molecule has 27 heavy (non-hydrogen) atoms. The molecule has 5 heteroatoms. The molecule has 0 aromatic heterocycles. The minimum absolute atomic E-state index is 0.0912. The van der Waals surface area contributed by atoms with Gasteiger partial charge in [-0.3, -0.25) is 9.59 Å². The van der Waals surface area contributed by atoms with Gasteiger partial charge in [0.15, 0.2) is 5.41 Å². The van der Waals surface area contributed by atoms with E-state index in [1.54, 1.807) is 31.2 Å². The third-order valence-corrected chi connectivity index (χ3v) is 4.43. The van der Waals surface area contributed by atoms with Crippen LogP contribution in [0.15, 0.2) is 54.6 Å². The van der Waals surface area contributed by atoms with Crippen LogP contribution in [0.1, 0.15) is 37.8 Å². The minimum Gasteiger partial charge on any atom is -0.489 e. The Balaban J connectivity index is 2.11. The molecule has 0 saturated heterocycles. The first kappa shape index (κ1) is 20.5. The largest absolute Gasteiger partial charge is 0.489 e. The van der Waals surface area contributed by atoms with Crippen molar-refractivity contribution in [2.24, 2.45) is 5.41 Å². The smallest absolute Gasteiger partial charge is 0.323 e. The Labute approximate surface area is 159 Å². The zero-order valence-corrected chi connectivity index (χ0v) is 15.8. The summed E-state index contributed by atoms with van der Waals surface area (Å²) in [5.41, 5.74) is 0.264. The van der Waals surface area contributed by atoms with Gasteiger partial charge in [-0.25, -0.2) is 0 Å². The third-order valence-electron chi connectivity index (χ3n) is 4.43. The van der Waals surface area contributed by atoms with E-state index in [1.807, 2.05) is 37.3 Å². The molecule has 2 aromatic carbocycles. The highest BCUT2D eigenvalue weighted by molar-refractivity contribution is 5.99. The number of aliphatic carboxylic acids is 1. The van der Waals surface area contributed by atoms with E-state index in [0.717, 1.165) is 11.1 Å². The number of carboxylic acid groups (broad SMARTS) is 1. The maximum absolute atomic E-state index is 12.4. The Morgan fingerprint density at radius 2 is 1.63 bits per heavy atom. The Morgan fingerprint density at radius 3 is 2.19 bits per heavy atom. The highest BCUT2D eigenvalue weighted by atomic mass is 16.5. The van der Waals surface area contributed by atoms with Gasteiger partial charge in [-0.1, -0.05) is 55.8 Å². The van der Waals surface area contributed by atoms with Crippen molar-refractivity contribution >= 4 is 11.9 Å². The summed E-state index contributed by atoms with van der Waals surface area (Å²) in [6, 6.07) is 17.0. The predicted octanol–water partition coefficient (Wildman–Crippen LogP) is 4.24. The number of carboxylic acids is 1. The maximum Gasteiger partial charge on any atom is 0.323 e. The first-order valence-corrected chi connectivity index (χ1v) is 9.18. The molecule has 1 unspecified atom stereocenters. The maximum atomic E-state index is 12.4. The summed E-state index contributed by atoms with van der Waals surface area (Å²) in [6.45, 7) is 4.15. The monoisotopic (exact) mass is 370 g/mol. The number of ether oxygens (including phenoxy) is 2. The summed E-state index contributed by atoms with van der Waals surface area (Å²) in [5, 5.41) is 9.75. The van der Waals surface area contributed by atoms with E-state index in [0.29, 0.717) is 18.8 Å². The number of carbonyl (C=O) groups excluding carboxylic acids is 1. The van der Waals surface area contributed by atoms with Crippen LogP contribution in [-0.4, -0.2) is 23.7 Å². The highest BCUT2D eigenvalue weighted by Crippen LogP contribution is 2.32. The summed E-state index contributed by atoms with van der Waals surface area (Å²) in [5.74, 6) is -1.13. The van der Waals surface area contributed by atoms with E-state index in [-0.39, 0.29) is 19.4 Å². The van der Waals surface area contributed by atoms with Crippen LogP contribution in [-0.2, 0) is 27.4 Å². The second-order valence-corrected chi connectivity index (χ2v) is 6.45. The van der Waals surface area contributed by atoms with Gasteiger partial charge in [-0.2, -0.15) is 0 Å². The van der Waals surface area contributed by atoms with Crippen LogP contribution in [0.2, 0.25) is 0 Å². The van der Waals surface area contributed by atoms with Crippen LogP contribution >= 0.6 is 0 Å². The van der Waals surface area contributed by atoms with Crippen molar-refractivity contribution in [1.82, 2.24) is 0 Å². The van der Waals surface area contributed by atoms with Crippen LogP contribution in [0.5, 0.6) is 5.75 Å². The van der Waals surface area contributed by atoms with E-state index in [4.69, 9.17) is 9.47 Å². The molecule has 0 aliphatic rings. The average molecular weight is 370 g/mol. The SMILES string of the molecule is CCCC(Cc1ccc(OCc2ccccc2)cc1)(C(=O)O)C(=O)OCC. The molecule has 0 heterocycles. The number of hydrogen-bond donors (Lipinski definition) is 1. The zero-order chi connectivity index (χ0) is 19.7. The van der Waals surface area contributed by atoms with Crippen LogP contribution in [0.25, 0.3) is 0 Å². The lowest BCUT2D eigenvalue weighted by Crippen LogP contribution is -2.42. The molecular formula is C22H26O5. The molecule has 0 bridgehead atoms. The van der Waals surface area contributed by atoms with Gasteiger partial charge in [0.2, 0.25) is 0 Å². The molecule has 144 valence electrons. The summed E-state index contributed by atoms with van der Waals surface area (Å²) in [7, 11) is 0. The van der Waals surface area contributed by atoms with Crippen LogP contribution in [0, 0.1) is 5.41 Å². The number of benzene rings is 2. The van der Waals surface area contributed by atoms with Gasteiger partial charge in [-0.05, 0) is 43.0 Å². The van der Waals surface area contributed by atoms with E-state index in [9.17, 15) is 14.7 Å². The van der Waals surface area contributed by atoms with Crippen LogP contribution in [0.3, 0.4) is 0 Å². The van der Waals surface area contributed by atoms with E-state index < -0.39 is 17.4 Å². The molecule has 1 N–H and O–H groups in total. The molecule has 0 aliphatic heterocycles. The van der Waals surface area contributed by atoms with Crippen LogP contribution < -0.4 is 4.74 Å². The average Bonchev–Trinajstić information content (AvgIpc) is 2.67. The topological polar surface area (TPSA) is 72.8 Å². The summed E-state index contributed by atoms with van der Waals surface area (Å²) < 4.78 is 10.8. The molecule has 0 aliphatic carbocycles. The van der Waals surface area contributed by atoms with Crippen molar-refractivity contribution in [3.8, 4) is 5.75 Å². The molecule has 0 fully saturated rings. The zero-order valence-electron chi connectivity index (χ0n) is 15.8. The normalized spacial score (nSPS) is 12.8. The quantitative estimate of drug-likeness (QED) is 0.500. The molecule has 0 spiro atoms.